The molecule has 1 saturated carbocycles. The van der Waals surface area contributed by atoms with Crippen molar-refractivity contribution < 1.29 is 22.4 Å². The number of furan rings is 1. The average molecular weight is 356 g/mol. The van der Waals surface area contributed by atoms with Gasteiger partial charge in [-0.25, -0.2) is 13.2 Å². The Bertz CT molecular complexity index is 672. The quantitative estimate of drug-likeness (QED) is 0.747. The van der Waals surface area contributed by atoms with Gasteiger partial charge in [-0.1, -0.05) is 0 Å². The summed E-state index contributed by atoms with van der Waals surface area (Å²) in [4.78, 5) is 11.6. The van der Waals surface area contributed by atoms with Crippen LogP contribution < -0.4 is 5.32 Å². The van der Waals surface area contributed by atoms with Crippen molar-refractivity contribution in [1.82, 2.24) is 9.62 Å². The summed E-state index contributed by atoms with van der Waals surface area (Å²) in [5.41, 5.74) is 0. The van der Waals surface area contributed by atoms with Gasteiger partial charge in [-0.2, -0.15) is 4.31 Å². The molecule has 1 aliphatic heterocycles. The number of piperidine rings is 1. The van der Waals surface area contributed by atoms with E-state index >= 15 is 0 Å². The van der Waals surface area contributed by atoms with Crippen LogP contribution in [0, 0.1) is 5.92 Å². The largest absolute Gasteiger partial charge is 0.460 e. The standard InChI is InChI=1S/C16H24N2O5S/c1-2-22-16(19)14-5-6-15(23-14)24(20,21)18-9-7-13(8-10-18)17-11-12-3-4-12/h5-6,12-13,17H,2-4,7-11H2,1H3. The number of nitrogens with one attached hydrogen (secondary N) is 1. The molecule has 1 aromatic heterocycles. The van der Waals surface area contributed by atoms with E-state index in [1.165, 1.54) is 29.3 Å². The van der Waals surface area contributed by atoms with Crippen molar-refractivity contribution in [1.29, 1.82) is 0 Å². The maximum absolute atomic E-state index is 12.6. The van der Waals surface area contributed by atoms with E-state index in [1.807, 2.05) is 0 Å². The molecule has 1 aromatic rings. The molecule has 134 valence electrons. The van der Waals surface area contributed by atoms with Gasteiger partial charge in [-0.15, -0.1) is 0 Å². The predicted molar refractivity (Wildman–Crippen MR) is 87.2 cm³/mol. The average Bonchev–Trinajstić information content (AvgIpc) is 3.26. The van der Waals surface area contributed by atoms with Crippen LogP contribution in [0.25, 0.3) is 0 Å². The van der Waals surface area contributed by atoms with Crippen LogP contribution in [-0.4, -0.2) is 51.0 Å². The molecule has 3 rings (SSSR count). The zero-order valence-corrected chi connectivity index (χ0v) is 14.7. The van der Waals surface area contributed by atoms with Crippen LogP contribution in [0.2, 0.25) is 0 Å². The maximum Gasteiger partial charge on any atom is 0.374 e. The molecule has 1 saturated heterocycles. The van der Waals surface area contributed by atoms with Gasteiger partial charge in [0.1, 0.15) is 0 Å². The number of nitrogens with zero attached hydrogens (tertiary/aromatic N) is 1. The Balaban J connectivity index is 1.58. The molecule has 2 heterocycles. The highest BCUT2D eigenvalue weighted by Gasteiger charge is 2.33. The number of ether oxygens (including phenoxy) is 1. The normalized spacial score (nSPS) is 20.2. The Morgan fingerprint density at radius 1 is 1.29 bits per heavy atom. The van der Waals surface area contributed by atoms with Gasteiger partial charge in [-0.05, 0) is 57.2 Å². The van der Waals surface area contributed by atoms with Gasteiger partial charge in [0, 0.05) is 19.1 Å². The Morgan fingerprint density at radius 2 is 2.00 bits per heavy atom. The van der Waals surface area contributed by atoms with Gasteiger partial charge in [0.25, 0.3) is 10.0 Å². The van der Waals surface area contributed by atoms with Crippen LogP contribution in [-0.2, 0) is 14.8 Å². The SMILES string of the molecule is CCOC(=O)c1ccc(S(=O)(=O)N2CCC(NCC3CC3)CC2)o1. The molecule has 24 heavy (non-hydrogen) atoms. The second-order valence-corrected chi connectivity index (χ2v) is 8.24. The van der Waals surface area contributed by atoms with Crippen LogP contribution in [0.4, 0.5) is 0 Å². The maximum atomic E-state index is 12.6. The number of hydrogen-bond acceptors (Lipinski definition) is 6. The van der Waals surface area contributed by atoms with Crippen LogP contribution in [0.3, 0.4) is 0 Å². The van der Waals surface area contributed by atoms with Gasteiger partial charge in [0.2, 0.25) is 10.9 Å². The second-order valence-electron chi connectivity index (χ2n) is 6.37. The van der Waals surface area contributed by atoms with Crippen LogP contribution in [0.1, 0.15) is 43.2 Å². The Hall–Kier alpha value is -1.38. The third kappa shape index (κ3) is 3.99. The van der Waals surface area contributed by atoms with Crippen molar-refractivity contribution in [2.24, 2.45) is 5.92 Å². The van der Waals surface area contributed by atoms with Gasteiger partial charge in [0.15, 0.2) is 0 Å². The Morgan fingerprint density at radius 3 is 2.62 bits per heavy atom. The van der Waals surface area contributed by atoms with E-state index in [2.05, 4.69) is 5.32 Å². The molecule has 0 spiro atoms. The molecule has 8 heteroatoms. The molecular weight excluding hydrogens is 332 g/mol. The summed E-state index contributed by atoms with van der Waals surface area (Å²) in [5.74, 6) is 0.0783. The molecule has 1 N–H and O–H groups in total. The summed E-state index contributed by atoms with van der Waals surface area (Å²) < 4.78 is 36.7. The molecule has 7 nitrogen and oxygen atoms in total. The summed E-state index contributed by atoms with van der Waals surface area (Å²) in [7, 11) is -3.70. The van der Waals surface area contributed by atoms with E-state index in [0.29, 0.717) is 19.1 Å². The highest BCUT2D eigenvalue weighted by Crippen LogP contribution is 2.28. The highest BCUT2D eigenvalue weighted by atomic mass is 32.2. The van der Waals surface area contributed by atoms with Gasteiger partial charge in [-0.3, -0.25) is 0 Å². The van der Waals surface area contributed by atoms with E-state index < -0.39 is 16.0 Å². The minimum Gasteiger partial charge on any atom is -0.460 e. The lowest BCUT2D eigenvalue weighted by Crippen LogP contribution is -2.45. The number of rotatable bonds is 7. The Labute approximate surface area is 142 Å². The first-order valence-corrected chi connectivity index (χ1v) is 9.95. The van der Waals surface area contributed by atoms with Crippen molar-refractivity contribution in [3.8, 4) is 0 Å². The lowest BCUT2D eigenvalue weighted by Gasteiger charge is -2.31. The minimum atomic E-state index is -3.70. The van der Waals surface area contributed by atoms with E-state index in [0.717, 1.165) is 25.3 Å². The molecule has 0 bridgehead atoms. The summed E-state index contributed by atoms with van der Waals surface area (Å²) in [6, 6.07) is 3.04. The van der Waals surface area contributed by atoms with E-state index in [9.17, 15) is 13.2 Å². The lowest BCUT2D eigenvalue weighted by molar-refractivity contribution is 0.0483. The molecule has 2 fully saturated rings. The fourth-order valence-corrected chi connectivity index (χ4v) is 4.23. The summed E-state index contributed by atoms with van der Waals surface area (Å²) in [6.07, 6.45) is 4.19. The summed E-state index contributed by atoms with van der Waals surface area (Å²) in [5, 5.41) is 3.32. The first-order chi connectivity index (χ1) is 11.5. The van der Waals surface area contributed by atoms with E-state index in [1.54, 1.807) is 6.92 Å². The smallest absolute Gasteiger partial charge is 0.374 e. The Kier molecular flexibility index (Phi) is 5.27. The van der Waals surface area contributed by atoms with Crippen molar-refractivity contribution in [3.63, 3.8) is 0 Å². The van der Waals surface area contributed by atoms with Gasteiger partial charge in [0.05, 0.1) is 6.61 Å². The highest BCUT2D eigenvalue weighted by molar-refractivity contribution is 7.89. The topological polar surface area (TPSA) is 88.9 Å². The first kappa shape index (κ1) is 17.4. The van der Waals surface area contributed by atoms with Gasteiger partial charge >= 0.3 is 5.97 Å². The number of carbonyl (C=O) groups excluding carboxylic acids is 1. The fourth-order valence-electron chi connectivity index (χ4n) is 2.85. The zero-order chi connectivity index (χ0) is 17.2. The third-order valence-electron chi connectivity index (χ3n) is 4.50. The molecule has 2 aliphatic rings. The molecule has 0 aromatic carbocycles. The summed E-state index contributed by atoms with van der Waals surface area (Å²) in [6.45, 7) is 3.85. The van der Waals surface area contributed by atoms with Crippen molar-refractivity contribution >= 4 is 16.0 Å². The number of sulfonamides is 1. The van der Waals surface area contributed by atoms with Crippen LogP contribution in [0.5, 0.6) is 0 Å². The zero-order valence-electron chi connectivity index (χ0n) is 13.9. The third-order valence-corrected chi connectivity index (χ3v) is 6.27. The number of carbonyl (C=O) groups is 1. The van der Waals surface area contributed by atoms with Crippen molar-refractivity contribution in [2.45, 2.75) is 43.7 Å². The molecular formula is C16H24N2O5S. The minimum absolute atomic E-state index is 0.0867. The van der Waals surface area contributed by atoms with E-state index in [4.69, 9.17) is 9.15 Å². The van der Waals surface area contributed by atoms with Gasteiger partial charge < -0.3 is 14.5 Å². The van der Waals surface area contributed by atoms with Crippen LogP contribution >= 0.6 is 0 Å². The van der Waals surface area contributed by atoms with Crippen molar-refractivity contribution in [3.05, 3.63) is 17.9 Å². The number of hydrogen-bond donors (Lipinski definition) is 1. The summed E-state index contributed by atoms with van der Waals surface area (Å²) >= 11 is 0. The lowest BCUT2D eigenvalue weighted by atomic mass is 10.1. The first-order valence-electron chi connectivity index (χ1n) is 8.51. The monoisotopic (exact) mass is 356 g/mol. The molecule has 0 atom stereocenters. The van der Waals surface area contributed by atoms with Crippen LogP contribution in [0.15, 0.2) is 21.6 Å². The molecule has 0 amide bonds. The molecule has 1 aliphatic carbocycles. The number of esters is 1. The fraction of sp³-hybridized carbons (Fsp3) is 0.688. The van der Waals surface area contributed by atoms with Crippen molar-refractivity contribution in [2.75, 3.05) is 26.2 Å². The molecule has 0 radical (unpaired) electrons. The second kappa shape index (κ2) is 7.25. The van der Waals surface area contributed by atoms with E-state index in [-0.39, 0.29) is 17.5 Å². The molecule has 0 unspecified atom stereocenters. The predicted octanol–water partition coefficient (Wildman–Crippen LogP) is 1.61.